The quantitative estimate of drug-likeness (QED) is 0.813. The van der Waals surface area contributed by atoms with Crippen LogP contribution in [-0.2, 0) is 9.53 Å². The van der Waals surface area contributed by atoms with E-state index in [1.807, 2.05) is 0 Å². The number of carbonyl (C=O) groups is 1. The topological polar surface area (TPSA) is 50.4 Å². The molecule has 0 aliphatic carbocycles. The van der Waals surface area contributed by atoms with Gasteiger partial charge < -0.3 is 15.4 Å². The molecule has 4 heteroatoms. The van der Waals surface area contributed by atoms with Crippen molar-refractivity contribution < 1.29 is 9.53 Å². The zero-order valence-electron chi connectivity index (χ0n) is 13.9. The Labute approximate surface area is 133 Å². The number of anilines is 1. The summed E-state index contributed by atoms with van der Waals surface area (Å²) in [5.41, 5.74) is 3.70. The first kappa shape index (κ1) is 16.8. The van der Waals surface area contributed by atoms with Crippen molar-refractivity contribution in [2.24, 2.45) is 0 Å². The van der Waals surface area contributed by atoms with Crippen molar-refractivity contribution >= 4 is 11.6 Å². The first-order chi connectivity index (χ1) is 10.6. The van der Waals surface area contributed by atoms with Crippen LogP contribution in [0.3, 0.4) is 0 Å². The molecule has 2 N–H and O–H groups in total. The van der Waals surface area contributed by atoms with Crippen molar-refractivity contribution in [3.8, 4) is 0 Å². The second-order valence-electron chi connectivity index (χ2n) is 6.31. The fraction of sp³-hybridized carbons (Fsp3) is 0.611. The summed E-state index contributed by atoms with van der Waals surface area (Å²) >= 11 is 0. The van der Waals surface area contributed by atoms with Crippen LogP contribution in [0.1, 0.15) is 50.2 Å². The highest BCUT2D eigenvalue weighted by Crippen LogP contribution is 2.27. The Morgan fingerprint density at radius 3 is 2.91 bits per heavy atom. The Bertz CT molecular complexity index is 494. The first-order valence-electron chi connectivity index (χ1n) is 8.29. The number of amides is 1. The lowest BCUT2D eigenvalue weighted by Crippen LogP contribution is -2.32. The number of hydrogen-bond donors (Lipinski definition) is 2. The smallest absolute Gasteiger partial charge is 0.221 e. The summed E-state index contributed by atoms with van der Waals surface area (Å²) < 4.78 is 5.50. The van der Waals surface area contributed by atoms with E-state index in [9.17, 15) is 4.79 Å². The molecule has 1 saturated heterocycles. The Morgan fingerprint density at radius 1 is 1.41 bits per heavy atom. The van der Waals surface area contributed by atoms with Crippen LogP contribution in [0.5, 0.6) is 0 Å². The van der Waals surface area contributed by atoms with Gasteiger partial charge in [0.2, 0.25) is 5.91 Å². The van der Waals surface area contributed by atoms with E-state index in [1.54, 1.807) is 0 Å². The number of aryl methyl sites for hydroxylation is 1. The van der Waals surface area contributed by atoms with Gasteiger partial charge in [-0.25, -0.2) is 0 Å². The lowest BCUT2D eigenvalue weighted by atomic mass is 9.98. The second-order valence-corrected chi connectivity index (χ2v) is 6.31. The molecule has 0 spiro atoms. The average molecular weight is 304 g/mol. The fourth-order valence-electron chi connectivity index (χ4n) is 2.84. The Kier molecular flexibility index (Phi) is 6.25. The number of benzene rings is 1. The molecule has 122 valence electrons. The van der Waals surface area contributed by atoms with E-state index >= 15 is 0 Å². The molecule has 1 fully saturated rings. The Morgan fingerprint density at radius 2 is 2.23 bits per heavy atom. The minimum absolute atomic E-state index is 0.0858. The SMILES string of the molecule is Cc1cccc(C(C)C)c1NCCC(=O)NCC1CCCO1. The molecule has 0 radical (unpaired) electrons. The van der Waals surface area contributed by atoms with Gasteiger partial charge in [-0.3, -0.25) is 4.79 Å². The molecule has 0 aromatic heterocycles. The molecule has 22 heavy (non-hydrogen) atoms. The van der Waals surface area contributed by atoms with E-state index in [0.29, 0.717) is 25.4 Å². The molecule has 1 unspecified atom stereocenters. The van der Waals surface area contributed by atoms with Crippen LogP contribution in [-0.4, -0.2) is 31.7 Å². The van der Waals surface area contributed by atoms with Crippen LogP contribution in [0, 0.1) is 6.92 Å². The zero-order valence-corrected chi connectivity index (χ0v) is 13.9. The van der Waals surface area contributed by atoms with Gasteiger partial charge in [-0.1, -0.05) is 32.0 Å². The number of rotatable bonds is 7. The molecule has 1 heterocycles. The third-order valence-corrected chi connectivity index (χ3v) is 4.13. The van der Waals surface area contributed by atoms with E-state index in [-0.39, 0.29) is 12.0 Å². The van der Waals surface area contributed by atoms with Gasteiger partial charge in [-0.2, -0.15) is 0 Å². The van der Waals surface area contributed by atoms with Gasteiger partial charge >= 0.3 is 0 Å². The largest absolute Gasteiger partial charge is 0.384 e. The van der Waals surface area contributed by atoms with Gasteiger partial charge in [0.15, 0.2) is 0 Å². The summed E-state index contributed by atoms with van der Waals surface area (Å²) in [5, 5.41) is 6.39. The highest BCUT2D eigenvalue weighted by molar-refractivity contribution is 5.76. The average Bonchev–Trinajstić information content (AvgIpc) is 3.00. The van der Waals surface area contributed by atoms with E-state index < -0.39 is 0 Å². The van der Waals surface area contributed by atoms with Crippen LogP contribution >= 0.6 is 0 Å². The van der Waals surface area contributed by atoms with Crippen molar-refractivity contribution in [2.45, 2.75) is 52.1 Å². The lowest BCUT2D eigenvalue weighted by Gasteiger charge is -2.17. The predicted molar refractivity (Wildman–Crippen MR) is 90.4 cm³/mol. The number of ether oxygens (including phenoxy) is 1. The van der Waals surface area contributed by atoms with E-state index in [4.69, 9.17) is 4.74 Å². The predicted octanol–water partition coefficient (Wildman–Crippen LogP) is 3.22. The molecule has 1 aliphatic rings. The molecule has 1 aromatic carbocycles. The second kappa shape index (κ2) is 8.18. The minimum Gasteiger partial charge on any atom is -0.384 e. The maximum absolute atomic E-state index is 11.9. The van der Waals surface area contributed by atoms with Gasteiger partial charge in [-0.15, -0.1) is 0 Å². The zero-order chi connectivity index (χ0) is 15.9. The molecule has 1 atom stereocenters. The van der Waals surface area contributed by atoms with E-state index in [1.165, 1.54) is 16.8 Å². The van der Waals surface area contributed by atoms with Gasteiger partial charge in [-0.05, 0) is 36.8 Å². The van der Waals surface area contributed by atoms with Crippen LogP contribution < -0.4 is 10.6 Å². The minimum atomic E-state index is 0.0858. The Hall–Kier alpha value is -1.55. The summed E-state index contributed by atoms with van der Waals surface area (Å²) in [6.45, 7) is 8.60. The fourth-order valence-corrected chi connectivity index (χ4v) is 2.84. The first-order valence-corrected chi connectivity index (χ1v) is 8.29. The van der Waals surface area contributed by atoms with E-state index in [2.05, 4.69) is 49.6 Å². The van der Waals surface area contributed by atoms with Gasteiger partial charge in [0.1, 0.15) is 0 Å². The van der Waals surface area contributed by atoms with Crippen molar-refractivity contribution in [1.82, 2.24) is 5.32 Å². The molecule has 0 bridgehead atoms. The third-order valence-electron chi connectivity index (χ3n) is 4.13. The monoisotopic (exact) mass is 304 g/mol. The molecular weight excluding hydrogens is 276 g/mol. The van der Waals surface area contributed by atoms with Gasteiger partial charge in [0.25, 0.3) is 0 Å². The molecular formula is C18H28N2O2. The lowest BCUT2D eigenvalue weighted by molar-refractivity contribution is -0.121. The van der Waals surface area contributed by atoms with Crippen molar-refractivity contribution in [3.05, 3.63) is 29.3 Å². The molecule has 1 amide bonds. The summed E-state index contributed by atoms with van der Waals surface area (Å²) in [6.07, 6.45) is 2.85. The van der Waals surface area contributed by atoms with Crippen LogP contribution in [0.15, 0.2) is 18.2 Å². The summed E-state index contributed by atoms with van der Waals surface area (Å²) in [4.78, 5) is 11.9. The van der Waals surface area contributed by atoms with Crippen molar-refractivity contribution in [1.29, 1.82) is 0 Å². The number of hydrogen-bond acceptors (Lipinski definition) is 3. The molecule has 1 aromatic rings. The maximum Gasteiger partial charge on any atom is 0.221 e. The summed E-state index contributed by atoms with van der Waals surface area (Å²) in [6, 6.07) is 6.34. The number of nitrogens with one attached hydrogen (secondary N) is 2. The molecule has 0 saturated carbocycles. The Balaban J connectivity index is 1.77. The standard InChI is InChI=1S/C18H28N2O2/c1-13(2)16-8-4-6-14(3)18(16)19-10-9-17(21)20-12-15-7-5-11-22-15/h4,6,8,13,15,19H,5,7,9-12H2,1-3H3,(H,20,21). The molecule has 4 nitrogen and oxygen atoms in total. The summed E-state index contributed by atoms with van der Waals surface area (Å²) in [7, 11) is 0. The summed E-state index contributed by atoms with van der Waals surface area (Å²) in [5.74, 6) is 0.554. The van der Waals surface area contributed by atoms with E-state index in [0.717, 1.165) is 19.4 Å². The van der Waals surface area contributed by atoms with Gasteiger partial charge in [0.05, 0.1) is 6.10 Å². The van der Waals surface area contributed by atoms with Crippen LogP contribution in [0.25, 0.3) is 0 Å². The molecule has 1 aliphatic heterocycles. The number of carbonyl (C=O) groups excluding carboxylic acids is 1. The highest BCUT2D eigenvalue weighted by Gasteiger charge is 2.16. The number of para-hydroxylation sites is 1. The highest BCUT2D eigenvalue weighted by atomic mass is 16.5. The molecule has 2 rings (SSSR count). The normalized spacial score (nSPS) is 17.7. The third kappa shape index (κ3) is 4.73. The van der Waals surface area contributed by atoms with Crippen molar-refractivity contribution in [2.75, 3.05) is 25.0 Å². The van der Waals surface area contributed by atoms with Gasteiger partial charge in [0, 0.05) is 31.8 Å². The van der Waals surface area contributed by atoms with Crippen LogP contribution in [0.4, 0.5) is 5.69 Å². The maximum atomic E-state index is 11.9. The van der Waals surface area contributed by atoms with Crippen LogP contribution in [0.2, 0.25) is 0 Å². The van der Waals surface area contributed by atoms with Crippen molar-refractivity contribution in [3.63, 3.8) is 0 Å².